The van der Waals surface area contributed by atoms with Crippen LogP contribution in [-0.4, -0.2) is 77.1 Å². The molecule has 3 aromatic rings. The molecule has 0 unspecified atom stereocenters. The molecule has 0 spiro atoms. The van der Waals surface area contributed by atoms with E-state index in [2.05, 4.69) is 15.4 Å². The lowest BCUT2D eigenvalue weighted by molar-refractivity contribution is -0.265. The van der Waals surface area contributed by atoms with Gasteiger partial charge in [-0.05, 0) is 44.4 Å². The highest BCUT2D eigenvalue weighted by atomic mass is 19.4. The van der Waals surface area contributed by atoms with E-state index in [0.717, 1.165) is 23.8 Å². The number of fused-ring (bicyclic) bond motifs is 2. The number of primary amides is 1. The Labute approximate surface area is 253 Å². The van der Waals surface area contributed by atoms with Gasteiger partial charge in [-0.25, -0.2) is 13.8 Å². The summed E-state index contributed by atoms with van der Waals surface area (Å²) in [6, 6.07) is 3.83. The van der Waals surface area contributed by atoms with Crippen molar-refractivity contribution in [2.24, 2.45) is 5.73 Å². The maximum Gasteiger partial charge on any atom is 0.424 e. The second-order valence-corrected chi connectivity index (χ2v) is 12.1. The number of piperidine rings is 1. The topological polar surface area (TPSA) is 145 Å². The zero-order chi connectivity index (χ0) is 32.5. The lowest BCUT2D eigenvalue weighted by atomic mass is 9.82. The molecule has 2 amide bonds. The number of pyridine rings is 1. The molecule has 11 nitrogen and oxygen atoms in total. The maximum absolute atomic E-state index is 14.7. The van der Waals surface area contributed by atoms with E-state index in [-0.39, 0.29) is 54.1 Å². The van der Waals surface area contributed by atoms with Gasteiger partial charge in [-0.2, -0.15) is 18.3 Å². The average Bonchev–Trinajstić information content (AvgIpc) is 3.64. The third-order valence-electron chi connectivity index (χ3n) is 8.68. The van der Waals surface area contributed by atoms with Crippen LogP contribution in [0.5, 0.6) is 11.5 Å². The first-order valence-corrected chi connectivity index (χ1v) is 14.3. The zero-order valence-electron chi connectivity index (χ0n) is 24.4. The van der Waals surface area contributed by atoms with Crippen LogP contribution < -0.4 is 25.4 Å². The van der Waals surface area contributed by atoms with Crippen molar-refractivity contribution in [2.75, 3.05) is 38.3 Å². The molecule has 1 saturated heterocycles. The first kappa shape index (κ1) is 30.8. The number of halogens is 5. The number of ether oxygens (including phenoxy) is 2. The summed E-state index contributed by atoms with van der Waals surface area (Å²) in [6.45, 7) is -1.29. The maximum atomic E-state index is 14.7. The van der Waals surface area contributed by atoms with Gasteiger partial charge < -0.3 is 30.5 Å². The van der Waals surface area contributed by atoms with Gasteiger partial charge in [0.15, 0.2) is 11.6 Å². The highest BCUT2D eigenvalue weighted by Gasteiger charge is 2.58. The number of methoxy groups -OCH3 is 1. The average molecular weight is 639 g/mol. The molecule has 6 rings (SSSR count). The lowest BCUT2D eigenvalue weighted by Gasteiger charge is -2.36. The summed E-state index contributed by atoms with van der Waals surface area (Å²) in [5.41, 5.74) is -0.603. The Bertz CT molecular complexity index is 1690. The Morgan fingerprint density at radius 1 is 1.24 bits per heavy atom. The minimum atomic E-state index is -5.42. The molecule has 3 aliphatic rings. The van der Waals surface area contributed by atoms with E-state index in [0.29, 0.717) is 10.9 Å². The van der Waals surface area contributed by atoms with Crippen molar-refractivity contribution < 1.29 is 46.1 Å². The van der Waals surface area contributed by atoms with Crippen molar-refractivity contribution in [1.82, 2.24) is 20.1 Å². The summed E-state index contributed by atoms with van der Waals surface area (Å²) in [5.74, 6) is -5.38. The van der Waals surface area contributed by atoms with Crippen molar-refractivity contribution in [3.63, 3.8) is 0 Å². The van der Waals surface area contributed by atoms with E-state index in [1.807, 2.05) is 0 Å². The van der Waals surface area contributed by atoms with Gasteiger partial charge in [0, 0.05) is 35.7 Å². The van der Waals surface area contributed by atoms with Crippen LogP contribution in [0.1, 0.15) is 60.3 Å². The predicted molar refractivity (Wildman–Crippen MR) is 150 cm³/mol. The predicted octanol–water partition coefficient (Wildman–Crippen LogP) is 3.33. The molecule has 0 bridgehead atoms. The van der Waals surface area contributed by atoms with Gasteiger partial charge in [-0.15, -0.1) is 0 Å². The van der Waals surface area contributed by atoms with Gasteiger partial charge >= 0.3 is 6.18 Å². The number of aromatic nitrogens is 3. The first-order valence-electron chi connectivity index (χ1n) is 14.3. The molecule has 2 fully saturated rings. The fraction of sp³-hybridized carbons (Fsp3) is 0.517. The van der Waals surface area contributed by atoms with Gasteiger partial charge in [0.1, 0.15) is 23.3 Å². The fourth-order valence-corrected chi connectivity index (χ4v) is 5.72. The van der Waals surface area contributed by atoms with Crippen molar-refractivity contribution in [3.05, 3.63) is 41.2 Å². The third kappa shape index (κ3) is 5.27. The van der Waals surface area contributed by atoms with E-state index in [4.69, 9.17) is 15.2 Å². The SMILES string of the molecule is COc1cc(C(=O)NC[C@](O)(c2cc3c(c(N4CCCC(F)(F)C4)n2)OC[C@]3(C)C(N)=O)C(F)(F)F)cc2cn(C3CC3)nc12. The molecular weight excluding hydrogens is 607 g/mol. The number of nitrogens with one attached hydrogen (secondary N) is 1. The zero-order valence-corrected chi connectivity index (χ0v) is 24.4. The summed E-state index contributed by atoms with van der Waals surface area (Å²) in [4.78, 5) is 30.7. The highest BCUT2D eigenvalue weighted by molar-refractivity contribution is 6.00. The molecule has 0 radical (unpaired) electrons. The Morgan fingerprint density at radius 2 is 1.98 bits per heavy atom. The van der Waals surface area contributed by atoms with E-state index in [1.54, 1.807) is 10.9 Å². The Balaban J connectivity index is 1.38. The number of carbonyl (C=O) groups is 2. The molecule has 242 valence electrons. The molecule has 1 aromatic carbocycles. The van der Waals surface area contributed by atoms with Crippen LogP contribution in [-0.2, 0) is 15.8 Å². The number of benzene rings is 1. The van der Waals surface area contributed by atoms with Crippen LogP contribution in [0, 0.1) is 0 Å². The van der Waals surface area contributed by atoms with E-state index in [1.165, 1.54) is 26.2 Å². The Hall–Kier alpha value is -4.21. The van der Waals surface area contributed by atoms with E-state index >= 15 is 0 Å². The molecular formula is C29H31F5N6O5. The van der Waals surface area contributed by atoms with Crippen LogP contribution in [0.4, 0.5) is 27.8 Å². The largest absolute Gasteiger partial charge is 0.494 e. The number of hydrogen-bond acceptors (Lipinski definition) is 8. The smallest absolute Gasteiger partial charge is 0.424 e. The number of carbonyl (C=O) groups excluding carboxylic acids is 2. The minimum absolute atomic E-state index is 0.00767. The minimum Gasteiger partial charge on any atom is -0.494 e. The van der Waals surface area contributed by atoms with Crippen LogP contribution in [0.3, 0.4) is 0 Å². The molecule has 4 N–H and O–H groups in total. The molecule has 1 saturated carbocycles. The summed E-state index contributed by atoms with van der Waals surface area (Å²) in [5, 5.41) is 18.4. The molecule has 2 aliphatic heterocycles. The van der Waals surface area contributed by atoms with Crippen LogP contribution in [0.25, 0.3) is 10.9 Å². The highest BCUT2D eigenvalue weighted by Crippen LogP contribution is 2.48. The quantitative estimate of drug-likeness (QED) is 0.319. The van der Waals surface area contributed by atoms with Crippen molar-refractivity contribution in [2.45, 2.75) is 61.8 Å². The Morgan fingerprint density at radius 3 is 2.60 bits per heavy atom. The molecule has 2 atom stereocenters. The monoisotopic (exact) mass is 638 g/mol. The van der Waals surface area contributed by atoms with Crippen molar-refractivity contribution >= 4 is 28.5 Å². The van der Waals surface area contributed by atoms with E-state index in [9.17, 15) is 36.6 Å². The Kier molecular flexibility index (Phi) is 7.13. The van der Waals surface area contributed by atoms with Crippen molar-refractivity contribution in [1.29, 1.82) is 0 Å². The fourth-order valence-electron chi connectivity index (χ4n) is 5.72. The van der Waals surface area contributed by atoms with Crippen molar-refractivity contribution in [3.8, 4) is 11.5 Å². The standard InChI is InChI=1S/C29H31F5N6O5/c1-26(25(35)42)14-45-22-18(26)10-20(37-23(22)39-7-3-6-27(30,31)13-39)28(43,29(32,33)34)12-36-24(41)15-8-16-11-40(17-4-5-17)38-21(16)19(9-15)44-2/h8-11,17,43H,3-7,12-14H2,1-2H3,(H2,35,42)(H,36,41)/t26-,28-/m0/s1. The summed E-state index contributed by atoms with van der Waals surface area (Å²) >= 11 is 0. The van der Waals surface area contributed by atoms with Gasteiger partial charge in [0.25, 0.3) is 11.8 Å². The molecule has 1 aliphatic carbocycles. The second kappa shape index (κ2) is 10.4. The number of rotatable bonds is 8. The molecule has 45 heavy (non-hydrogen) atoms. The van der Waals surface area contributed by atoms with Crippen LogP contribution in [0.15, 0.2) is 24.4 Å². The second-order valence-electron chi connectivity index (χ2n) is 12.1. The molecule has 16 heteroatoms. The van der Waals surface area contributed by atoms with Gasteiger partial charge in [-0.1, -0.05) is 0 Å². The third-order valence-corrected chi connectivity index (χ3v) is 8.68. The normalized spacial score (nSPS) is 22.4. The lowest BCUT2D eigenvalue weighted by Crippen LogP contribution is -2.52. The van der Waals surface area contributed by atoms with Crippen LogP contribution in [0.2, 0.25) is 0 Å². The number of amides is 2. The first-order chi connectivity index (χ1) is 21.1. The molecule has 2 aromatic heterocycles. The number of aliphatic hydroxyl groups is 1. The van der Waals surface area contributed by atoms with E-state index < -0.39 is 60.1 Å². The summed E-state index contributed by atoms with van der Waals surface area (Å²) in [6.07, 6.45) is -2.22. The van der Waals surface area contributed by atoms with Gasteiger partial charge in [0.05, 0.1) is 31.9 Å². The summed E-state index contributed by atoms with van der Waals surface area (Å²) in [7, 11) is 1.37. The number of anilines is 1. The molecule has 4 heterocycles. The number of alkyl halides is 5. The number of nitrogens with zero attached hydrogens (tertiary/aromatic N) is 4. The van der Waals surface area contributed by atoms with Gasteiger partial charge in [-0.3, -0.25) is 14.3 Å². The van der Waals surface area contributed by atoms with Gasteiger partial charge in [0.2, 0.25) is 11.5 Å². The van der Waals surface area contributed by atoms with Crippen LogP contribution >= 0.6 is 0 Å². The number of nitrogens with two attached hydrogens (primary N) is 1. The summed E-state index contributed by atoms with van der Waals surface area (Å²) < 4.78 is 85.7. The number of hydrogen-bond donors (Lipinski definition) is 3.